The van der Waals surface area contributed by atoms with Crippen LogP contribution in [0.3, 0.4) is 0 Å². The SMILES string of the molecule is CC(C)(C)OC(=O)n1c(CN)cc2cnccc21.Cl. The van der Waals surface area contributed by atoms with Crippen molar-refractivity contribution in [2.45, 2.75) is 32.9 Å². The minimum Gasteiger partial charge on any atom is -0.443 e. The van der Waals surface area contributed by atoms with E-state index in [1.165, 1.54) is 4.57 Å². The molecule has 0 fully saturated rings. The summed E-state index contributed by atoms with van der Waals surface area (Å²) in [5.41, 5.74) is 6.61. The van der Waals surface area contributed by atoms with Gasteiger partial charge in [-0.3, -0.25) is 4.98 Å². The van der Waals surface area contributed by atoms with Crippen LogP contribution in [0.25, 0.3) is 10.9 Å². The fraction of sp³-hybridized carbons (Fsp3) is 0.385. The van der Waals surface area contributed by atoms with Gasteiger partial charge in [0.05, 0.1) is 5.52 Å². The van der Waals surface area contributed by atoms with Crippen LogP contribution in [0.15, 0.2) is 24.5 Å². The Balaban J connectivity index is 0.00000180. The van der Waals surface area contributed by atoms with Gasteiger partial charge in [-0.2, -0.15) is 0 Å². The molecule has 0 saturated carbocycles. The fourth-order valence-electron chi connectivity index (χ4n) is 1.79. The van der Waals surface area contributed by atoms with Gasteiger partial charge in [0, 0.05) is 30.0 Å². The summed E-state index contributed by atoms with van der Waals surface area (Å²) in [7, 11) is 0. The predicted octanol–water partition coefficient (Wildman–Crippen LogP) is 2.70. The summed E-state index contributed by atoms with van der Waals surface area (Å²) in [6, 6.07) is 3.63. The zero-order valence-corrected chi connectivity index (χ0v) is 12.0. The number of fused-ring (bicyclic) bond motifs is 1. The Morgan fingerprint density at radius 2 is 2.16 bits per heavy atom. The highest BCUT2D eigenvalue weighted by molar-refractivity contribution is 5.90. The third-order valence-electron chi connectivity index (χ3n) is 2.46. The Kier molecular flexibility index (Phi) is 4.55. The number of nitrogens with zero attached hydrogens (tertiary/aromatic N) is 2. The monoisotopic (exact) mass is 283 g/mol. The topological polar surface area (TPSA) is 70.1 Å². The number of carbonyl (C=O) groups excluding carboxylic acids is 1. The van der Waals surface area contributed by atoms with E-state index in [0.29, 0.717) is 5.69 Å². The number of rotatable bonds is 1. The zero-order chi connectivity index (χ0) is 13.3. The Morgan fingerprint density at radius 1 is 1.47 bits per heavy atom. The van der Waals surface area contributed by atoms with Gasteiger partial charge in [0.25, 0.3) is 0 Å². The largest absolute Gasteiger partial charge is 0.443 e. The quantitative estimate of drug-likeness (QED) is 0.873. The molecule has 0 aliphatic heterocycles. The Morgan fingerprint density at radius 3 is 2.74 bits per heavy atom. The summed E-state index contributed by atoms with van der Waals surface area (Å²) in [5.74, 6) is 0. The molecule has 19 heavy (non-hydrogen) atoms. The molecule has 0 aliphatic rings. The lowest BCUT2D eigenvalue weighted by molar-refractivity contribution is 0.0540. The number of ether oxygens (including phenoxy) is 1. The molecule has 6 heteroatoms. The third-order valence-corrected chi connectivity index (χ3v) is 2.46. The normalized spacial score (nSPS) is 11.2. The highest BCUT2D eigenvalue weighted by Crippen LogP contribution is 2.20. The van der Waals surface area contributed by atoms with Crippen LogP contribution in [-0.4, -0.2) is 21.2 Å². The van der Waals surface area contributed by atoms with E-state index in [9.17, 15) is 4.79 Å². The van der Waals surface area contributed by atoms with E-state index in [1.807, 2.05) is 26.8 Å². The number of aromatic nitrogens is 2. The van der Waals surface area contributed by atoms with E-state index in [0.717, 1.165) is 10.9 Å². The lowest BCUT2D eigenvalue weighted by atomic mass is 10.2. The smallest absolute Gasteiger partial charge is 0.419 e. The van der Waals surface area contributed by atoms with E-state index >= 15 is 0 Å². The van der Waals surface area contributed by atoms with Crippen LogP contribution in [0.5, 0.6) is 0 Å². The summed E-state index contributed by atoms with van der Waals surface area (Å²) in [6.07, 6.45) is 2.93. The van der Waals surface area contributed by atoms with Crippen molar-refractivity contribution < 1.29 is 9.53 Å². The second-order valence-electron chi connectivity index (χ2n) is 5.09. The second-order valence-corrected chi connectivity index (χ2v) is 5.09. The van der Waals surface area contributed by atoms with Gasteiger partial charge in [0.15, 0.2) is 0 Å². The van der Waals surface area contributed by atoms with Crippen LogP contribution in [0.2, 0.25) is 0 Å². The van der Waals surface area contributed by atoms with Crippen molar-refractivity contribution in [3.05, 3.63) is 30.2 Å². The summed E-state index contributed by atoms with van der Waals surface area (Å²) in [6.45, 7) is 5.77. The molecule has 0 spiro atoms. The minimum atomic E-state index is -0.535. The molecule has 2 heterocycles. The minimum absolute atomic E-state index is 0. The van der Waals surface area contributed by atoms with Gasteiger partial charge in [0.2, 0.25) is 0 Å². The maximum absolute atomic E-state index is 12.2. The van der Waals surface area contributed by atoms with E-state index in [2.05, 4.69) is 4.98 Å². The van der Waals surface area contributed by atoms with Crippen molar-refractivity contribution in [2.75, 3.05) is 0 Å². The van der Waals surface area contributed by atoms with Crippen molar-refractivity contribution in [3.8, 4) is 0 Å². The molecule has 2 aromatic heterocycles. The summed E-state index contributed by atoms with van der Waals surface area (Å²) >= 11 is 0. The molecular weight excluding hydrogens is 266 g/mol. The number of nitrogens with two attached hydrogens (primary N) is 1. The molecule has 0 aromatic carbocycles. The highest BCUT2D eigenvalue weighted by atomic mass is 35.5. The van der Waals surface area contributed by atoms with Crippen LogP contribution in [0.4, 0.5) is 4.79 Å². The first kappa shape index (κ1) is 15.5. The molecule has 0 unspecified atom stereocenters. The van der Waals surface area contributed by atoms with Crippen LogP contribution in [-0.2, 0) is 11.3 Å². The van der Waals surface area contributed by atoms with E-state index in [4.69, 9.17) is 10.5 Å². The molecule has 0 amide bonds. The maximum atomic E-state index is 12.2. The molecule has 0 radical (unpaired) electrons. The number of hydrogen-bond acceptors (Lipinski definition) is 4. The first-order chi connectivity index (χ1) is 8.42. The van der Waals surface area contributed by atoms with Gasteiger partial charge in [0.1, 0.15) is 5.60 Å². The summed E-state index contributed by atoms with van der Waals surface area (Å²) in [5, 5.41) is 0.879. The Hall–Kier alpha value is -1.59. The maximum Gasteiger partial charge on any atom is 0.419 e. The van der Waals surface area contributed by atoms with Gasteiger partial charge in [-0.05, 0) is 32.9 Å². The number of pyridine rings is 1. The molecule has 2 N–H and O–H groups in total. The summed E-state index contributed by atoms with van der Waals surface area (Å²) in [4.78, 5) is 16.2. The van der Waals surface area contributed by atoms with Gasteiger partial charge in [-0.1, -0.05) is 0 Å². The van der Waals surface area contributed by atoms with Crippen LogP contribution < -0.4 is 5.73 Å². The van der Waals surface area contributed by atoms with Gasteiger partial charge in [-0.25, -0.2) is 9.36 Å². The summed E-state index contributed by atoms with van der Waals surface area (Å²) < 4.78 is 6.88. The Bertz CT molecular complexity index is 587. The van der Waals surface area contributed by atoms with E-state index in [-0.39, 0.29) is 19.0 Å². The first-order valence-electron chi connectivity index (χ1n) is 5.80. The molecule has 2 aromatic rings. The molecule has 2 rings (SSSR count). The first-order valence-corrected chi connectivity index (χ1v) is 5.80. The fourth-order valence-corrected chi connectivity index (χ4v) is 1.79. The van der Waals surface area contributed by atoms with Crippen molar-refractivity contribution in [3.63, 3.8) is 0 Å². The van der Waals surface area contributed by atoms with Crippen LogP contribution in [0.1, 0.15) is 26.5 Å². The van der Waals surface area contributed by atoms with Gasteiger partial charge in [-0.15, -0.1) is 12.4 Å². The van der Waals surface area contributed by atoms with Crippen molar-refractivity contribution in [2.24, 2.45) is 5.73 Å². The van der Waals surface area contributed by atoms with Crippen molar-refractivity contribution >= 4 is 29.4 Å². The molecule has 0 aliphatic carbocycles. The van der Waals surface area contributed by atoms with E-state index < -0.39 is 11.7 Å². The number of hydrogen-bond donors (Lipinski definition) is 1. The lowest BCUT2D eigenvalue weighted by Gasteiger charge is -2.20. The second kappa shape index (κ2) is 5.59. The average Bonchev–Trinajstić information content (AvgIpc) is 2.64. The number of carbonyl (C=O) groups is 1. The van der Waals surface area contributed by atoms with Crippen LogP contribution >= 0.6 is 12.4 Å². The van der Waals surface area contributed by atoms with Crippen LogP contribution in [0, 0.1) is 0 Å². The molecular formula is C13H18ClN3O2. The number of halogens is 1. The third kappa shape index (κ3) is 3.24. The zero-order valence-electron chi connectivity index (χ0n) is 11.2. The highest BCUT2D eigenvalue weighted by Gasteiger charge is 2.21. The lowest BCUT2D eigenvalue weighted by Crippen LogP contribution is -2.28. The van der Waals surface area contributed by atoms with E-state index in [1.54, 1.807) is 18.5 Å². The molecule has 0 bridgehead atoms. The molecule has 0 saturated heterocycles. The molecule has 0 atom stereocenters. The standard InChI is InChI=1S/C13H17N3O2.ClH/c1-13(2,3)18-12(17)16-10(7-14)6-9-8-15-5-4-11(9)16;/h4-6,8H,7,14H2,1-3H3;1H. The van der Waals surface area contributed by atoms with Gasteiger partial charge < -0.3 is 10.5 Å². The Labute approximate surface area is 118 Å². The molecule has 5 nitrogen and oxygen atoms in total. The van der Waals surface area contributed by atoms with Gasteiger partial charge >= 0.3 is 6.09 Å². The predicted molar refractivity (Wildman–Crippen MR) is 76.5 cm³/mol. The van der Waals surface area contributed by atoms with Crippen molar-refractivity contribution in [1.29, 1.82) is 0 Å². The van der Waals surface area contributed by atoms with Crippen molar-refractivity contribution in [1.82, 2.24) is 9.55 Å². The molecule has 104 valence electrons. The average molecular weight is 284 g/mol.